The predicted octanol–water partition coefficient (Wildman–Crippen LogP) is 11.0. The third kappa shape index (κ3) is 34.4. The number of aliphatic hydroxyl groups excluding tert-OH is 7. The van der Waals surface area contributed by atoms with Crippen molar-refractivity contribution < 1.29 is 69.0 Å². The molecule has 11 atom stereocenters. The van der Waals surface area contributed by atoms with Crippen molar-refractivity contribution in [3.05, 3.63) is 72.9 Å². The molecule has 2 aliphatic rings. The van der Waals surface area contributed by atoms with Gasteiger partial charge in [0.25, 0.3) is 0 Å². The second kappa shape index (κ2) is 48.3. The zero-order chi connectivity index (χ0) is 55.1. The first-order valence-electron chi connectivity index (χ1n) is 30.0. The van der Waals surface area contributed by atoms with E-state index >= 15 is 0 Å². The van der Waals surface area contributed by atoms with Gasteiger partial charge in [0.15, 0.2) is 12.6 Å². The lowest BCUT2D eigenvalue weighted by molar-refractivity contribution is -0.332. The Kier molecular flexibility index (Phi) is 44.2. The second-order valence-electron chi connectivity index (χ2n) is 20.8. The van der Waals surface area contributed by atoms with E-state index in [1.54, 1.807) is 0 Å². The van der Waals surface area contributed by atoms with Gasteiger partial charge in [-0.05, 0) is 83.5 Å². The van der Waals surface area contributed by atoms with Gasteiger partial charge in [-0.25, -0.2) is 0 Å². The first-order valence-corrected chi connectivity index (χ1v) is 30.0. The molecule has 0 radical (unpaired) electrons. The van der Waals surface area contributed by atoms with Crippen molar-refractivity contribution in [3.8, 4) is 0 Å². The van der Waals surface area contributed by atoms with Gasteiger partial charge >= 0.3 is 5.97 Å². The van der Waals surface area contributed by atoms with Crippen molar-refractivity contribution in [2.24, 2.45) is 0 Å². The molecule has 0 saturated carbocycles. The van der Waals surface area contributed by atoms with Gasteiger partial charge < -0.3 is 64.2 Å². The minimum atomic E-state index is -1.71. The van der Waals surface area contributed by atoms with E-state index in [4.69, 9.17) is 28.4 Å². The minimum absolute atomic E-state index is 0.0514. The summed E-state index contributed by atoms with van der Waals surface area (Å²) < 4.78 is 34.4. The highest BCUT2D eigenvalue weighted by Crippen LogP contribution is 2.27. The molecule has 0 aliphatic carbocycles. The summed E-state index contributed by atoms with van der Waals surface area (Å²) in [6.07, 6.45) is 45.3. The lowest BCUT2D eigenvalue weighted by Crippen LogP contribution is -2.61. The van der Waals surface area contributed by atoms with Crippen LogP contribution in [-0.2, 0) is 33.2 Å². The Balaban J connectivity index is 1.69. The zero-order valence-corrected chi connectivity index (χ0v) is 47.2. The summed E-state index contributed by atoms with van der Waals surface area (Å²) in [5.41, 5.74) is 0. The predicted molar refractivity (Wildman–Crippen MR) is 302 cm³/mol. The standard InChI is InChI=1S/C62H108O14/c1-3-5-7-9-11-13-15-17-19-21-22-23-24-25-26-27-28-29-31-33-35-37-39-41-43-45-54(64)74-51(48-71-46-44-42-40-38-36-34-32-30-20-18-16-14-12-10-8-6-4-2)49-72-61-60(70)58(68)56(66)53(76-61)50-73-62-59(69)57(67)55(65)52(47-63)75-62/h5,7,11,13-14,16-17,19-20,22-23,30,51-53,55-63,65-70H,3-4,6,8-10,12,15,18,21,24-29,31-50H2,1-2H3/b7-5-,13-11-,16-14-,19-17-,23-22-,30-20-. The average Bonchev–Trinajstić information content (AvgIpc) is 3.42. The van der Waals surface area contributed by atoms with E-state index in [-0.39, 0.29) is 25.6 Å². The summed E-state index contributed by atoms with van der Waals surface area (Å²) >= 11 is 0. The van der Waals surface area contributed by atoms with Crippen molar-refractivity contribution in [1.29, 1.82) is 0 Å². The van der Waals surface area contributed by atoms with E-state index in [1.165, 1.54) is 96.3 Å². The van der Waals surface area contributed by atoms with Crippen molar-refractivity contribution in [2.45, 2.75) is 280 Å². The highest BCUT2D eigenvalue weighted by molar-refractivity contribution is 5.69. The fourth-order valence-corrected chi connectivity index (χ4v) is 9.13. The molecular weight excluding hydrogens is 969 g/mol. The maximum Gasteiger partial charge on any atom is 0.306 e. The molecule has 11 unspecified atom stereocenters. The maximum absolute atomic E-state index is 13.1. The summed E-state index contributed by atoms with van der Waals surface area (Å²) in [7, 11) is 0. The molecule has 7 N–H and O–H groups in total. The number of rotatable bonds is 48. The quantitative estimate of drug-likeness (QED) is 0.0172. The molecule has 0 aromatic carbocycles. The summed E-state index contributed by atoms with van der Waals surface area (Å²) in [4.78, 5) is 13.1. The van der Waals surface area contributed by atoms with Gasteiger partial charge in [-0.1, -0.05) is 196 Å². The molecule has 440 valence electrons. The Morgan fingerprint density at radius 2 is 0.855 bits per heavy atom. The third-order valence-electron chi connectivity index (χ3n) is 13.9. The highest BCUT2D eigenvalue weighted by atomic mass is 16.7. The van der Waals surface area contributed by atoms with E-state index in [2.05, 4.69) is 86.8 Å². The van der Waals surface area contributed by atoms with Gasteiger partial charge in [-0.15, -0.1) is 0 Å². The van der Waals surface area contributed by atoms with Crippen LogP contribution in [0.4, 0.5) is 0 Å². The van der Waals surface area contributed by atoms with E-state index in [9.17, 15) is 40.5 Å². The Labute approximate surface area is 459 Å². The van der Waals surface area contributed by atoms with Crippen LogP contribution < -0.4 is 0 Å². The molecule has 14 nitrogen and oxygen atoms in total. The molecule has 0 bridgehead atoms. The lowest BCUT2D eigenvalue weighted by Gasteiger charge is -2.42. The van der Waals surface area contributed by atoms with E-state index in [0.717, 1.165) is 89.9 Å². The van der Waals surface area contributed by atoms with Crippen LogP contribution in [0.5, 0.6) is 0 Å². The maximum atomic E-state index is 13.1. The molecule has 0 amide bonds. The van der Waals surface area contributed by atoms with Crippen LogP contribution in [0.15, 0.2) is 72.9 Å². The van der Waals surface area contributed by atoms with E-state index in [0.29, 0.717) is 13.0 Å². The van der Waals surface area contributed by atoms with E-state index in [1.807, 2.05) is 0 Å². The number of aliphatic hydroxyl groups is 7. The second-order valence-corrected chi connectivity index (χ2v) is 20.8. The topological polar surface area (TPSA) is 214 Å². The molecule has 2 fully saturated rings. The fraction of sp³-hybridized carbons (Fsp3) is 0.790. The Morgan fingerprint density at radius 1 is 0.447 bits per heavy atom. The van der Waals surface area contributed by atoms with Gasteiger partial charge in [0.05, 0.1) is 26.4 Å². The van der Waals surface area contributed by atoms with Crippen LogP contribution in [-0.4, -0.2) is 142 Å². The Bertz CT molecular complexity index is 1530. The van der Waals surface area contributed by atoms with Gasteiger partial charge in [0.2, 0.25) is 0 Å². The number of hydrogen-bond donors (Lipinski definition) is 7. The molecule has 0 aromatic rings. The number of ether oxygens (including phenoxy) is 6. The van der Waals surface area contributed by atoms with Crippen molar-refractivity contribution in [1.82, 2.24) is 0 Å². The largest absolute Gasteiger partial charge is 0.457 e. The average molecular weight is 1080 g/mol. The molecule has 14 heteroatoms. The zero-order valence-electron chi connectivity index (χ0n) is 47.2. The summed E-state index contributed by atoms with van der Waals surface area (Å²) in [6.45, 7) is 3.54. The van der Waals surface area contributed by atoms with Gasteiger partial charge in [-0.3, -0.25) is 4.79 Å². The smallest absolute Gasteiger partial charge is 0.306 e. The number of esters is 1. The Morgan fingerprint density at radius 3 is 1.34 bits per heavy atom. The van der Waals surface area contributed by atoms with E-state index < -0.39 is 80.7 Å². The monoisotopic (exact) mass is 1080 g/mol. The third-order valence-corrected chi connectivity index (χ3v) is 13.9. The fourth-order valence-electron chi connectivity index (χ4n) is 9.13. The van der Waals surface area contributed by atoms with Gasteiger partial charge in [0, 0.05) is 13.0 Å². The number of carbonyl (C=O) groups excluding carboxylic acids is 1. The van der Waals surface area contributed by atoms with Crippen LogP contribution in [0.25, 0.3) is 0 Å². The summed E-state index contributed by atoms with van der Waals surface area (Å²) in [5.74, 6) is -0.383. The lowest BCUT2D eigenvalue weighted by atomic mass is 9.98. The Hall–Kier alpha value is -2.57. The summed E-state index contributed by atoms with van der Waals surface area (Å²) in [6, 6.07) is 0. The van der Waals surface area contributed by atoms with Crippen molar-refractivity contribution in [3.63, 3.8) is 0 Å². The normalized spacial score (nSPS) is 25.0. The molecule has 0 spiro atoms. The van der Waals surface area contributed by atoms with Gasteiger partial charge in [-0.2, -0.15) is 0 Å². The van der Waals surface area contributed by atoms with Gasteiger partial charge in [0.1, 0.15) is 54.9 Å². The SMILES string of the molecule is CC/C=C\C/C=C\C/C=C\C/C=C\CCCCCCCCCCCCCCC(=O)OC(COCCCCCCCC/C=C\C/C=C\CCCCCC)COC1OC(COC2OC(CO)C(O)C(O)C2O)C(O)C(O)C1O. The van der Waals surface area contributed by atoms with Crippen molar-refractivity contribution >= 4 is 5.97 Å². The van der Waals surface area contributed by atoms with Crippen molar-refractivity contribution in [2.75, 3.05) is 33.0 Å². The first kappa shape index (κ1) is 69.5. The van der Waals surface area contributed by atoms with Crippen LogP contribution >= 0.6 is 0 Å². The number of unbranched alkanes of at least 4 members (excludes halogenated alkanes) is 22. The number of allylic oxidation sites excluding steroid dienone is 12. The van der Waals surface area contributed by atoms with Crippen LogP contribution in [0.1, 0.15) is 213 Å². The van der Waals surface area contributed by atoms with Crippen LogP contribution in [0.2, 0.25) is 0 Å². The van der Waals surface area contributed by atoms with Crippen LogP contribution in [0, 0.1) is 0 Å². The molecule has 2 rings (SSSR count). The molecule has 2 saturated heterocycles. The molecule has 0 aromatic heterocycles. The first-order chi connectivity index (χ1) is 37.1. The number of hydrogen-bond acceptors (Lipinski definition) is 14. The molecular formula is C62H108O14. The molecule has 2 heterocycles. The minimum Gasteiger partial charge on any atom is -0.457 e. The summed E-state index contributed by atoms with van der Waals surface area (Å²) in [5, 5.41) is 72.4. The molecule has 2 aliphatic heterocycles. The highest BCUT2D eigenvalue weighted by Gasteiger charge is 2.47. The molecule has 76 heavy (non-hydrogen) atoms. The van der Waals surface area contributed by atoms with Crippen LogP contribution in [0.3, 0.4) is 0 Å². The number of carbonyl (C=O) groups is 1.